The second-order valence-electron chi connectivity index (χ2n) is 4.93. The Morgan fingerprint density at radius 1 is 1.50 bits per heavy atom. The largest absolute Gasteiger partial charge is 0.444 e. The molecular weight excluding hydrogens is 218 g/mol. The molecule has 1 aliphatic heterocycles. The molecule has 1 saturated heterocycles. The second kappa shape index (κ2) is 4.53. The number of hydrogen-bond acceptors (Lipinski definition) is 3. The van der Waals surface area contributed by atoms with Crippen molar-refractivity contribution in [3.05, 3.63) is 0 Å². The summed E-state index contributed by atoms with van der Waals surface area (Å²) in [7, 11) is 0. The first-order chi connectivity index (χ1) is 7.21. The first kappa shape index (κ1) is 13.2. The summed E-state index contributed by atoms with van der Waals surface area (Å²) in [5, 5.41) is 4.80. The number of nitrogens with one attached hydrogen (secondary N) is 2. The highest BCUT2D eigenvalue weighted by Crippen LogP contribution is 2.23. The Bertz CT molecular complexity index is 264. The van der Waals surface area contributed by atoms with Crippen molar-refractivity contribution in [2.24, 2.45) is 0 Å². The van der Waals surface area contributed by atoms with E-state index in [0.717, 1.165) is 0 Å². The number of alkyl halides is 2. The van der Waals surface area contributed by atoms with E-state index in [4.69, 9.17) is 4.74 Å². The Kier molecular flexibility index (Phi) is 3.72. The minimum atomic E-state index is -2.92. The van der Waals surface area contributed by atoms with E-state index in [0.29, 0.717) is 6.54 Å². The maximum atomic E-state index is 13.3. The normalized spacial score (nSPS) is 24.9. The molecule has 1 rings (SSSR count). The fraction of sp³-hybridized carbons (Fsp3) is 0.900. The van der Waals surface area contributed by atoms with Gasteiger partial charge in [0.2, 0.25) is 0 Å². The molecular formula is C10H18F2N2O2. The van der Waals surface area contributed by atoms with Gasteiger partial charge in [0, 0.05) is 0 Å². The molecule has 1 unspecified atom stereocenters. The van der Waals surface area contributed by atoms with Crippen molar-refractivity contribution in [1.82, 2.24) is 10.6 Å². The first-order valence-corrected chi connectivity index (χ1v) is 5.29. The molecule has 1 atom stereocenters. The molecule has 1 amide bonds. The van der Waals surface area contributed by atoms with Crippen molar-refractivity contribution in [2.75, 3.05) is 13.1 Å². The SMILES string of the molecule is CC(C)(C)OC(=O)NC1CCNCC1(F)F. The molecule has 0 radical (unpaired) electrons. The first-order valence-electron chi connectivity index (χ1n) is 5.29. The van der Waals surface area contributed by atoms with Crippen molar-refractivity contribution in [2.45, 2.75) is 44.8 Å². The fourth-order valence-corrected chi connectivity index (χ4v) is 1.46. The van der Waals surface area contributed by atoms with Crippen LogP contribution in [0.5, 0.6) is 0 Å². The predicted octanol–water partition coefficient (Wildman–Crippen LogP) is 1.51. The number of amides is 1. The maximum absolute atomic E-state index is 13.3. The molecule has 1 aliphatic rings. The zero-order valence-electron chi connectivity index (χ0n) is 9.77. The molecule has 1 heterocycles. The minimum absolute atomic E-state index is 0.201. The molecule has 0 aromatic rings. The van der Waals surface area contributed by atoms with E-state index in [9.17, 15) is 13.6 Å². The van der Waals surface area contributed by atoms with Gasteiger partial charge in [0.1, 0.15) is 5.60 Å². The molecule has 2 N–H and O–H groups in total. The molecule has 0 aliphatic carbocycles. The fourth-order valence-electron chi connectivity index (χ4n) is 1.46. The van der Waals surface area contributed by atoms with Crippen molar-refractivity contribution in [3.63, 3.8) is 0 Å². The van der Waals surface area contributed by atoms with Gasteiger partial charge in [-0.1, -0.05) is 0 Å². The Hall–Kier alpha value is -0.910. The number of carbonyl (C=O) groups is 1. The Labute approximate surface area is 93.7 Å². The highest BCUT2D eigenvalue weighted by atomic mass is 19.3. The number of carbonyl (C=O) groups excluding carboxylic acids is 1. The van der Waals surface area contributed by atoms with Crippen molar-refractivity contribution in [3.8, 4) is 0 Å². The summed E-state index contributed by atoms with van der Waals surface area (Å²) in [6, 6.07) is -1.15. The van der Waals surface area contributed by atoms with Crippen LogP contribution >= 0.6 is 0 Å². The summed E-state index contributed by atoms with van der Waals surface area (Å²) in [5.41, 5.74) is -0.674. The number of piperidine rings is 1. The number of alkyl carbamates (subject to hydrolysis) is 1. The monoisotopic (exact) mass is 236 g/mol. The van der Waals surface area contributed by atoms with Gasteiger partial charge in [0.05, 0.1) is 12.6 Å². The molecule has 4 nitrogen and oxygen atoms in total. The van der Waals surface area contributed by atoms with Gasteiger partial charge in [-0.05, 0) is 33.7 Å². The minimum Gasteiger partial charge on any atom is -0.444 e. The molecule has 6 heteroatoms. The summed E-state index contributed by atoms with van der Waals surface area (Å²) in [5.74, 6) is -2.92. The lowest BCUT2D eigenvalue weighted by atomic mass is 10.0. The molecule has 94 valence electrons. The number of hydrogen-bond donors (Lipinski definition) is 2. The van der Waals surface area contributed by atoms with E-state index in [2.05, 4.69) is 10.6 Å². The van der Waals surface area contributed by atoms with Crippen LogP contribution in [-0.4, -0.2) is 36.7 Å². The zero-order valence-corrected chi connectivity index (χ0v) is 9.77. The second-order valence-corrected chi connectivity index (χ2v) is 4.93. The van der Waals surface area contributed by atoms with Crippen LogP contribution in [0.15, 0.2) is 0 Å². The lowest BCUT2D eigenvalue weighted by molar-refractivity contribution is -0.0537. The van der Waals surface area contributed by atoms with Crippen molar-refractivity contribution in [1.29, 1.82) is 0 Å². The van der Waals surface area contributed by atoms with Gasteiger partial charge in [-0.15, -0.1) is 0 Å². The van der Waals surface area contributed by atoms with Gasteiger partial charge in [-0.2, -0.15) is 0 Å². The number of rotatable bonds is 1. The maximum Gasteiger partial charge on any atom is 0.408 e. The predicted molar refractivity (Wildman–Crippen MR) is 55.6 cm³/mol. The summed E-state index contributed by atoms with van der Waals surface area (Å²) in [4.78, 5) is 11.3. The van der Waals surface area contributed by atoms with Crippen LogP contribution in [0.3, 0.4) is 0 Å². The van der Waals surface area contributed by atoms with Gasteiger partial charge in [0.25, 0.3) is 5.92 Å². The molecule has 0 spiro atoms. The third-order valence-electron chi connectivity index (χ3n) is 2.17. The smallest absolute Gasteiger partial charge is 0.408 e. The summed E-state index contributed by atoms with van der Waals surface area (Å²) in [6.07, 6.45) is -0.592. The van der Waals surface area contributed by atoms with Gasteiger partial charge >= 0.3 is 6.09 Å². The molecule has 0 aromatic carbocycles. The lowest BCUT2D eigenvalue weighted by Crippen LogP contribution is -2.57. The molecule has 16 heavy (non-hydrogen) atoms. The van der Waals surface area contributed by atoms with E-state index < -0.39 is 30.2 Å². The Morgan fingerprint density at radius 3 is 2.62 bits per heavy atom. The lowest BCUT2D eigenvalue weighted by Gasteiger charge is -2.32. The highest BCUT2D eigenvalue weighted by Gasteiger charge is 2.42. The number of ether oxygens (including phenoxy) is 1. The van der Waals surface area contributed by atoms with E-state index >= 15 is 0 Å². The van der Waals surface area contributed by atoms with Crippen LogP contribution in [-0.2, 0) is 4.74 Å². The standard InChI is InChI=1S/C10H18F2N2O2/c1-9(2,3)16-8(15)14-7-4-5-13-6-10(7,11)12/h7,13H,4-6H2,1-3H3,(H,14,15). The van der Waals surface area contributed by atoms with E-state index in [1.165, 1.54) is 0 Å². The van der Waals surface area contributed by atoms with Gasteiger partial charge in [-0.25, -0.2) is 13.6 Å². The van der Waals surface area contributed by atoms with Crippen molar-refractivity contribution < 1.29 is 18.3 Å². The summed E-state index contributed by atoms with van der Waals surface area (Å²) >= 11 is 0. The summed E-state index contributed by atoms with van der Waals surface area (Å²) in [6.45, 7) is 5.12. The average Bonchev–Trinajstić information content (AvgIpc) is 2.05. The van der Waals surface area contributed by atoms with Gasteiger partial charge in [-0.3, -0.25) is 0 Å². The molecule has 0 saturated carbocycles. The van der Waals surface area contributed by atoms with Crippen LogP contribution in [0.25, 0.3) is 0 Å². The topological polar surface area (TPSA) is 50.4 Å². The molecule has 0 bridgehead atoms. The van der Waals surface area contributed by atoms with E-state index in [1.54, 1.807) is 20.8 Å². The number of halogens is 2. The van der Waals surface area contributed by atoms with E-state index in [1.807, 2.05) is 0 Å². The van der Waals surface area contributed by atoms with Crippen molar-refractivity contribution >= 4 is 6.09 Å². The van der Waals surface area contributed by atoms with Crippen LogP contribution in [0.1, 0.15) is 27.2 Å². The van der Waals surface area contributed by atoms with Crippen LogP contribution in [0, 0.1) is 0 Å². The third-order valence-corrected chi connectivity index (χ3v) is 2.17. The molecule has 1 fully saturated rings. The van der Waals surface area contributed by atoms with E-state index in [-0.39, 0.29) is 6.42 Å². The highest BCUT2D eigenvalue weighted by molar-refractivity contribution is 5.68. The average molecular weight is 236 g/mol. The third kappa shape index (κ3) is 3.92. The van der Waals surface area contributed by atoms with Crippen LogP contribution in [0.2, 0.25) is 0 Å². The van der Waals surface area contributed by atoms with Gasteiger partial charge < -0.3 is 15.4 Å². The molecule has 0 aromatic heterocycles. The zero-order chi connectivity index (χ0) is 12.4. The quantitative estimate of drug-likeness (QED) is 0.725. The summed E-state index contributed by atoms with van der Waals surface area (Å²) < 4.78 is 31.6. The van der Waals surface area contributed by atoms with Gasteiger partial charge in [0.15, 0.2) is 0 Å². The Balaban J connectivity index is 2.49. The van der Waals surface area contributed by atoms with Crippen LogP contribution in [0.4, 0.5) is 13.6 Å². The Morgan fingerprint density at radius 2 is 2.12 bits per heavy atom. The van der Waals surface area contributed by atoms with Crippen LogP contribution < -0.4 is 10.6 Å².